The average Bonchev–Trinajstić information content (AvgIpc) is 2.86. The lowest BCUT2D eigenvalue weighted by Crippen LogP contribution is -2.44. The van der Waals surface area contributed by atoms with E-state index in [1.165, 1.54) is 12.4 Å². The van der Waals surface area contributed by atoms with E-state index in [1.807, 2.05) is 0 Å². The maximum absolute atomic E-state index is 14.4. The first-order valence-electron chi connectivity index (χ1n) is 11.5. The first kappa shape index (κ1) is 24.7. The minimum Gasteiger partial charge on any atom is -0.381 e. The second-order valence-electron chi connectivity index (χ2n) is 8.87. The summed E-state index contributed by atoms with van der Waals surface area (Å²) in [6.07, 6.45) is 5.89. The molecule has 2 fully saturated rings. The molecule has 1 amide bonds. The Morgan fingerprint density at radius 1 is 1.32 bits per heavy atom. The van der Waals surface area contributed by atoms with Crippen molar-refractivity contribution in [2.75, 3.05) is 44.0 Å². The third-order valence-electron chi connectivity index (χ3n) is 6.56. The molecule has 34 heavy (non-hydrogen) atoms. The van der Waals surface area contributed by atoms with Crippen LogP contribution in [0.3, 0.4) is 0 Å². The first-order valence-corrected chi connectivity index (χ1v) is 11.9. The molecule has 2 aliphatic rings. The molecule has 4 rings (SSSR count). The number of aromatic nitrogens is 3. The van der Waals surface area contributed by atoms with Crippen molar-refractivity contribution < 1.29 is 18.7 Å². The molecular formula is C23H30ClFN6O3. The summed E-state index contributed by atoms with van der Waals surface area (Å²) in [5.41, 5.74) is 0.392. The molecule has 9 nitrogen and oxygen atoms in total. The highest BCUT2D eigenvalue weighted by atomic mass is 35.5. The molecule has 0 radical (unpaired) electrons. The highest BCUT2D eigenvalue weighted by Gasteiger charge is 2.33. The van der Waals surface area contributed by atoms with Gasteiger partial charge in [-0.3, -0.25) is 4.79 Å². The fourth-order valence-corrected chi connectivity index (χ4v) is 4.41. The molecule has 2 aliphatic heterocycles. The van der Waals surface area contributed by atoms with Crippen LogP contribution in [0.4, 0.5) is 16.0 Å². The van der Waals surface area contributed by atoms with Crippen LogP contribution in [0.1, 0.15) is 32.6 Å². The van der Waals surface area contributed by atoms with Crippen molar-refractivity contribution in [2.45, 2.75) is 44.2 Å². The second kappa shape index (κ2) is 10.9. The van der Waals surface area contributed by atoms with Crippen LogP contribution in [-0.4, -0.2) is 65.9 Å². The van der Waals surface area contributed by atoms with Crippen LogP contribution in [0.15, 0.2) is 18.5 Å². The summed E-state index contributed by atoms with van der Waals surface area (Å²) in [6.45, 7) is 4.26. The maximum atomic E-state index is 14.4. The predicted octanol–water partition coefficient (Wildman–Crippen LogP) is 3.27. The molecule has 0 bridgehead atoms. The monoisotopic (exact) mass is 492 g/mol. The van der Waals surface area contributed by atoms with E-state index in [0.29, 0.717) is 67.3 Å². The fraction of sp³-hybridized carbons (Fsp3) is 0.565. The molecule has 2 saturated heterocycles. The lowest BCUT2D eigenvalue weighted by Gasteiger charge is -2.36. The van der Waals surface area contributed by atoms with Crippen molar-refractivity contribution in [2.24, 2.45) is 5.92 Å². The molecule has 0 aromatic carbocycles. The van der Waals surface area contributed by atoms with Gasteiger partial charge >= 0.3 is 0 Å². The molecule has 2 aromatic heterocycles. The van der Waals surface area contributed by atoms with Gasteiger partial charge in [0.2, 0.25) is 5.91 Å². The predicted molar refractivity (Wildman–Crippen MR) is 127 cm³/mol. The third-order valence-corrected chi connectivity index (χ3v) is 6.86. The molecule has 0 aliphatic carbocycles. The van der Waals surface area contributed by atoms with Gasteiger partial charge in [-0.15, -0.1) is 0 Å². The molecular weight excluding hydrogens is 463 g/mol. The number of methoxy groups -OCH3 is 1. The third kappa shape index (κ3) is 5.80. The van der Waals surface area contributed by atoms with Crippen LogP contribution in [-0.2, 0) is 14.3 Å². The number of ether oxygens (including phenoxy) is 2. The van der Waals surface area contributed by atoms with Crippen molar-refractivity contribution in [1.82, 2.24) is 20.3 Å². The molecule has 184 valence electrons. The van der Waals surface area contributed by atoms with E-state index in [0.717, 1.165) is 12.8 Å². The van der Waals surface area contributed by atoms with Crippen molar-refractivity contribution in [3.05, 3.63) is 29.4 Å². The fourth-order valence-electron chi connectivity index (χ4n) is 4.21. The maximum Gasteiger partial charge on any atom is 0.255 e. The molecule has 2 aromatic rings. The number of pyridine rings is 1. The van der Waals surface area contributed by atoms with Crippen molar-refractivity contribution in [1.29, 1.82) is 0 Å². The number of carbonyl (C=O) groups is 1. The van der Waals surface area contributed by atoms with E-state index in [4.69, 9.17) is 21.1 Å². The van der Waals surface area contributed by atoms with E-state index in [1.54, 1.807) is 13.2 Å². The Hall–Kier alpha value is -2.40. The van der Waals surface area contributed by atoms with Gasteiger partial charge in [0.05, 0.1) is 28.4 Å². The summed E-state index contributed by atoms with van der Waals surface area (Å²) in [5.74, 6) is -0.601. The number of halogens is 2. The summed E-state index contributed by atoms with van der Waals surface area (Å²) in [6, 6.07) is 2.04. The Bertz CT molecular complexity index is 1010. The number of carbonyl (C=O) groups excluding carboxylic acids is 1. The normalized spacial score (nSPS) is 22.2. The molecule has 0 saturated carbocycles. The van der Waals surface area contributed by atoms with Crippen molar-refractivity contribution >= 4 is 29.1 Å². The number of anilines is 2. The highest BCUT2D eigenvalue weighted by molar-refractivity contribution is 6.33. The Labute approximate surface area is 203 Å². The van der Waals surface area contributed by atoms with Crippen LogP contribution in [0.2, 0.25) is 5.02 Å². The van der Waals surface area contributed by atoms with Gasteiger partial charge in [0.25, 0.3) is 5.95 Å². The number of hydrogen-bond donors (Lipinski definition) is 3. The van der Waals surface area contributed by atoms with Gasteiger partial charge in [-0.05, 0) is 25.8 Å². The van der Waals surface area contributed by atoms with Gasteiger partial charge in [0.1, 0.15) is 5.82 Å². The smallest absolute Gasteiger partial charge is 0.255 e. The Morgan fingerprint density at radius 3 is 2.82 bits per heavy atom. The van der Waals surface area contributed by atoms with Crippen LogP contribution < -0.4 is 16.0 Å². The van der Waals surface area contributed by atoms with E-state index >= 15 is 0 Å². The lowest BCUT2D eigenvalue weighted by molar-refractivity contribution is -0.120. The van der Waals surface area contributed by atoms with Crippen LogP contribution >= 0.6 is 11.6 Å². The van der Waals surface area contributed by atoms with E-state index < -0.39 is 11.5 Å². The Balaban J connectivity index is 1.49. The molecule has 4 heterocycles. The quantitative estimate of drug-likeness (QED) is 0.540. The van der Waals surface area contributed by atoms with Gasteiger partial charge in [0, 0.05) is 64.1 Å². The van der Waals surface area contributed by atoms with Crippen LogP contribution in [0.5, 0.6) is 0 Å². The number of rotatable bonds is 7. The zero-order valence-electron chi connectivity index (χ0n) is 19.4. The van der Waals surface area contributed by atoms with Crippen molar-refractivity contribution in [3.8, 4) is 11.3 Å². The molecule has 11 heteroatoms. The molecule has 2 atom stereocenters. The van der Waals surface area contributed by atoms with Crippen LogP contribution in [0.25, 0.3) is 11.3 Å². The largest absolute Gasteiger partial charge is 0.381 e. The number of nitrogens with one attached hydrogen (secondary N) is 3. The van der Waals surface area contributed by atoms with E-state index in [-0.39, 0.29) is 17.6 Å². The summed E-state index contributed by atoms with van der Waals surface area (Å²) in [7, 11) is 1.64. The first-order chi connectivity index (χ1) is 16.4. The zero-order valence-corrected chi connectivity index (χ0v) is 20.1. The van der Waals surface area contributed by atoms with Gasteiger partial charge < -0.3 is 25.4 Å². The van der Waals surface area contributed by atoms with Gasteiger partial charge in [-0.1, -0.05) is 11.6 Å². The van der Waals surface area contributed by atoms with Crippen LogP contribution in [0, 0.1) is 11.9 Å². The summed E-state index contributed by atoms with van der Waals surface area (Å²) in [5, 5.41) is 9.52. The summed E-state index contributed by atoms with van der Waals surface area (Å²) in [4.78, 5) is 25.1. The topological polar surface area (TPSA) is 110 Å². The highest BCUT2D eigenvalue weighted by Crippen LogP contribution is 2.30. The van der Waals surface area contributed by atoms with Gasteiger partial charge in [0.15, 0.2) is 5.82 Å². The standard InChI is InChI=1S/C23H30ClFN6O3/c1-14-3-4-15(10-26-14)22(32)31-19-9-16(17(24)11-27-19)18-12-28-20(25)21(30-18)29-13-23(33-2)5-7-34-8-6-23/h9,11-12,14-15,26H,3-8,10,13H2,1-2H3,(H,29,30)(H,27,31,32)/t14-,15-/m1/s1. The number of hydrogen-bond acceptors (Lipinski definition) is 8. The van der Waals surface area contributed by atoms with Gasteiger partial charge in [-0.25, -0.2) is 15.0 Å². The number of amides is 1. The summed E-state index contributed by atoms with van der Waals surface area (Å²) < 4.78 is 25.5. The number of piperidine rings is 1. The average molecular weight is 493 g/mol. The Morgan fingerprint density at radius 2 is 2.12 bits per heavy atom. The molecule has 0 unspecified atom stereocenters. The van der Waals surface area contributed by atoms with E-state index in [2.05, 4.69) is 37.8 Å². The Kier molecular flexibility index (Phi) is 7.92. The molecule has 3 N–H and O–H groups in total. The number of nitrogens with zero attached hydrogens (tertiary/aromatic N) is 3. The van der Waals surface area contributed by atoms with E-state index in [9.17, 15) is 9.18 Å². The summed E-state index contributed by atoms with van der Waals surface area (Å²) >= 11 is 6.37. The minimum atomic E-state index is -0.722. The minimum absolute atomic E-state index is 0.00119. The second-order valence-corrected chi connectivity index (χ2v) is 9.28. The van der Waals surface area contributed by atoms with Crippen molar-refractivity contribution in [3.63, 3.8) is 0 Å². The lowest BCUT2D eigenvalue weighted by atomic mass is 9.94. The SMILES string of the molecule is COC1(CNc2nc(-c3cc(NC(=O)[C@@H]4CC[C@@H](C)NC4)ncc3Cl)cnc2F)CCOCC1. The zero-order chi connectivity index (χ0) is 24.1. The van der Waals surface area contributed by atoms with Gasteiger partial charge in [-0.2, -0.15) is 4.39 Å². The molecule has 0 spiro atoms.